The molecule has 1 aromatic carbocycles. The first-order chi connectivity index (χ1) is 10.0. The van der Waals surface area contributed by atoms with E-state index in [9.17, 15) is 0 Å². The molecule has 0 aromatic heterocycles. The van der Waals surface area contributed by atoms with Gasteiger partial charge in [-0.1, -0.05) is 25.4 Å². The molecule has 1 atom stereocenters. The molecule has 1 fully saturated rings. The average Bonchev–Trinajstić information content (AvgIpc) is 2.48. The molecule has 3 nitrogen and oxygen atoms in total. The third kappa shape index (κ3) is 3.53. The summed E-state index contributed by atoms with van der Waals surface area (Å²) in [5.41, 5.74) is 1.39. The Bertz CT molecular complexity index is 474. The Morgan fingerprint density at radius 2 is 2.10 bits per heavy atom. The summed E-state index contributed by atoms with van der Waals surface area (Å²) in [6.45, 7) is 9.79. The molecule has 0 aliphatic carbocycles. The maximum absolute atomic E-state index is 6.17. The second-order valence-electron chi connectivity index (χ2n) is 6.05. The Kier molecular flexibility index (Phi) is 5.53. The predicted molar refractivity (Wildman–Crippen MR) is 89.2 cm³/mol. The summed E-state index contributed by atoms with van der Waals surface area (Å²) in [5, 5.41) is 4.40. The highest BCUT2D eigenvalue weighted by Gasteiger charge is 2.37. The van der Waals surface area contributed by atoms with Gasteiger partial charge in [0.2, 0.25) is 0 Å². The van der Waals surface area contributed by atoms with Crippen molar-refractivity contribution in [2.45, 2.75) is 51.7 Å². The molecule has 1 N–H and O–H groups in total. The highest BCUT2D eigenvalue weighted by Crippen LogP contribution is 2.31. The van der Waals surface area contributed by atoms with E-state index < -0.39 is 0 Å². The maximum Gasteiger partial charge on any atom is 0.123 e. The lowest BCUT2D eigenvalue weighted by atomic mass is 9.87. The number of halogens is 1. The third-order valence-corrected chi connectivity index (χ3v) is 5.10. The van der Waals surface area contributed by atoms with Gasteiger partial charge in [0.25, 0.3) is 0 Å². The van der Waals surface area contributed by atoms with E-state index in [0.29, 0.717) is 6.04 Å². The first-order valence-corrected chi connectivity index (χ1v) is 8.23. The van der Waals surface area contributed by atoms with Crippen molar-refractivity contribution in [1.29, 1.82) is 0 Å². The smallest absolute Gasteiger partial charge is 0.123 e. The van der Waals surface area contributed by atoms with Crippen LogP contribution in [0.5, 0.6) is 5.75 Å². The SMILES string of the molecule is CCC1(CC)CNC(C)CN1Cc1cc(Cl)ccc1OC. The molecule has 4 heteroatoms. The van der Waals surface area contributed by atoms with Crippen LogP contribution in [0, 0.1) is 0 Å². The van der Waals surface area contributed by atoms with E-state index in [1.807, 2.05) is 18.2 Å². The number of hydrogen-bond acceptors (Lipinski definition) is 3. The van der Waals surface area contributed by atoms with Crippen molar-refractivity contribution < 1.29 is 4.74 Å². The van der Waals surface area contributed by atoms with Crippen molar-refractivity contribution in [3.63, 3.8) is 0 Å². The Morgan fingerprint density at radius 3 is 2.71 bits per heavy atom. The quantitative estimate of drug-likeness (QED) is 0.897. The zero-order valence-corrected chi connectivity index (χ0v) is 14.3. The highest BCUT2D eigenvalue weighted by atomic mass is 35.5. The standard InChI is InChI=1S/C17H27ClN2O/c1-5-17(6-2)12-19-13(3)10-20(17)11-14-9-15(18)7-8-16(14)21-4/h7-9,13,19H,5-6,10-12H2,1-4H3. The Labute approximate surface area is 133 Å². The molecule has 21 heavy (non-hydrogen) atoms. The second-order valence-corrected chi connectivity index (χ2v) is 6.49. The van der Waals surface area contributed by atoms with E-state index in [-0.39, 0.29) is 5.54 Å². The number of rotatable bonds is 5. The van der Waals surface area contributed by atoms with Crippen LogP contribution in [0.2, 0.25) is 5.02 Å². The summed E-state index contributed by atoms with van der Waals surface area (Å²) in [6.07, 6.45) is 2.29. The first kappa shape index (κ1) is 16.6. The number of benzene rings is 1. The van der Waals surface area contributed by atoms with E-state index in [2.05, 4.69) is 31.0 Å². The fraction of sp³-hybridized carbons (Fsp3) is 0.647. The van der Waals surface area contributed by atoms with Crippen LogP contribution in [0.1, 0.15) is 39.2 Å². The van der Waals surface area contributed by atoms with Crippen molar-refractivity contribution in [1.82, 2.24) is 10.2 Å². The minimum Gasteiger partial charge on any atom is -0.496 e. The van der Waals surface area contributed by atoms with Crippen LogP contribution in [0.15, 0.2) is 18.2 Å². The van der Waals surface area contributed by atoms with Gasteiger partial charge in [0, 0.05) is 41.8 Å². The fourth-order valence-electron chi connectivity index (χ4n) is 3.32. The van der Waals surface area contributed by atoms with Gasteiger partial charge in [-0.3, -0.25) is 4.90 Å². The minimum absolute atomic E-state index is 0.222. The molecular formula is C17H27ClN2O. The number of methoxy groups -OCH3 is 1. The van der Waals surface area contributed by atoms with Crippen LogP contribution in [-0.4, -0.2) is 36.7 Å². The van der Waals surface area contributed by atoms with Gasteiger partial charge in [0.05, 0.1) is 7.11 Å². The molecule has 0 bridgehead atoms. The van der Waals surface area contributed by atoms with Crippen molar-refractivity contribution in [3.8, 4) is 5.75 Å². The van der Waals surface area contributed by atoms with Crippen LogP contribution in [-0.2, 0) is 6.54 Å². The molecule has 1 unspecified atom stereocenters. The number of ether oxygens (including phenoxy) is 1. The molecule has 0 spiro atoms. The molecule has 0 radical (unpaired) electrons. The molecule has 1 saturated heterocycles. The third-order valence-electron chi connectivity index (χ3n) is 4.86. The molecule has 1 aliphatic heterocycles. The van der Waals surface area contributed by atoms with E-state index in [0.717, 1.165) is 43.2 Å². The topological polar surface area (TPSA) is 24.5 Å². The largest absolute Gasteiger partial charge is 0.496 e. The van der Waals surface area contributed by atoms with Crippen LogP contribution in [0.3, 0.4) is 0 Å². The molecule has 0 amide bonds. The van der Waals surface area contributed by atoms with Crippen LogP contribution >= 0.6 is 11.6 Å². The number of nitrogens with zero attached hydrogens (tertiary/aromatic N) is 1. The highest BCUT2D eigenvalue weighted by molar-refractivity contribution is 6.30. The van der Waals surface area contributed by atoms with Crippen molar-refractivity contribution in [2.24, 2.45) is 0 Å². The monoisotopic (exact) mass is 310 g/mol. The number of piperazine rings is 1. The van der Waals surface area contributed by atoms with E-state index in [1.165, 1.54) is 5.56 Å². The fourth-order valence-corrected chi connectivity index (χ4v) is 3.52. The summed E-state index contributed by atoms with van der Waals surface area (Å²) in [5.74, 6) is 0.923. The molecule has 0 saturated carbocycles. The van der Waals surface area contributed by atoms with Crippen molar-refractivity contribution in [2.75, 3.05) is 20.2 Å². The number of hydrogen-bond donors (Lipinski definition) is 1. The van der Waals surface area contributed by atoms with E-state index >= 15 is 0 Å². The van der Waals surface area contributed by atoms with Gasteiger partial charge in [0.1, 0.15) is 5.75 Å². The van der Waals surface area contributed by atoms with Gasteiger partial charge in [-0.15, -0.1) is 0 Å². The Hall–Kier alpha value is -0.770. The molecular weight excluding hydrogens is 284 g/mol. The van der Waals surface area contributed by atoms with Gasteiger partial charge < -0.3 is 10.1 Å². The zero-order valence-electron chi connectivity index (χ0n) is 13.6. The van der Waals surface area contributed by atoms with Gasteiger partial charge in [-0.05, 0) is 38.0 Å². The summed E-state index contributed by atoms with van der Waals surface area (Å²) < 4.78 is 5.50. The minimum atomic E-state index is 0.222. The predicted octanol–water partition coefficient (Wildman–Crippen LogP) is 3.70. The van der Waals surface area contributed by atoms with E-state index in [1.54, 1.807) is 7.11 Å². The van der Waals surface area contributed by atoms with E-state index in [4.69, 9.17) is 16.3 Å². The molecule has 2 rings (SSSR count). The maximum atomic E-state index is 6.17. The van der Waals surface area contributed by atoms with Gasteiger partial charge in [0.15, 0.2) is 0 Å². The average molecular weight is 311 g/mol. The van der Waals surface area contributed by atoms with Crippen molar-refractivity contribution >= 4 is 11.6 Å². The molecule has 118 valence electrons. The molecule has 1 aromatic rings. The van der Waals surface area contributed by atoms with Gasteiger partial charge in [-0.2, -0.15) is 0 Å². The summed E-state index contributed by atoms with van der Waals surface area (Å²) in [7, 11) is 1.72. The summed E-state index contributed by atoms with van der Waals surface area (Å²) in [4.78, 5) is 2.60. The van der Waals surface area contributed by atoms with Gasteiger partial charge >= 0.3 is 0 Å². The zero-order chi connectivity index (χ0) is 15.5. The normalized spacial score (nSPS) is 22.2. The van der Waals surface area contributed by atoms with Crippen LogP contribution in [0.25, 0.3) is 0 Å². The first-order valence-electron chi connectivity index (χ1n) is 7.85. The second kappa shape index (κ2) is 6.99. The number of nitrogens with one attached hydrogen (secondary N) is 1. The lowest BCUT2D eigenvalue weighted by molar-refractivity contribution is 0.0273. The van der Waals surface area contributed by atoms with Crippen LogP contribution in [0.4, 0.5) is 0 Å². The molecule has 1 aliphatic rings. The lowest BCUT2D eigenvalue weighted by Crippen LogP contribution is -2.63. The van der Waals surface area contributed by atoms with Crippen LogP contribution < -0.4 is 10.1 Å². The lowest BCUT2D eigenvalue weighted by Gasteiger charge is -2.49. The summed E-state index contributed by atoms with van der Waals surface area (Å²) in [6, 6.07) is 6.39. The van der Waals surface area contributed by atoms with Crippen molar-refractivity contribution in [3.05, 3.63) is 28.8 Å². The molecule has 1 heterocycles. The Morgan fingerprint density at radius 1 is 1.38 bits per heavy atom. The van der Waals surface area contributed by atoms with Gasteiger partial charge in [-0.25, -0.2) is 0 Å². The Balaban J connectivity index is 2.28. The summed E-state index contributed by atoms with van der Waals surface area (Å²) >= 11 is 6.17.